The number of carbonyl (C=O) groups is 1. The van der Waals surface area contributed by atoms with Crippen molar-refractivity contribution in [3.8, 4) is 0 Å². The predicted molar refractivity (Wildman–Crippen MR) is 87.0 cm³/mol. The lowest BCUT2D eigenvalue weighted by Crippen LogP contribution is -2.48. The third-order valence-electron chi connectivity index (χ3n) is 4.63. The van der Waals surface area contributed by atoms with Gasteiger partial charge in [0.25, 0.3) is 5.91 Å². The second-order valence-corrected chi connectivity index (χ2v) is 6.69. The van der Waals surface area contributed by atoms with Crippen molar-refractivity contribution in [2.75, 3.05) is 26.2 Å². The molecule has 3 atom stereocenters. The van der Waals surface area contributed by atoms with Gasteiger partial charge in [0.2, 0.25) is 0 Å². The van der Waals surface area contributed by atoms with Crippen molar-refractivity contribution >= 4 is 5.91 Å². The highest BCUT2D eigenvalue weighted by Gasteiger charge is 2.28. The SMILES string of the molecule is C[C@@H]1CN(C(=O)c2ccccc2CC2CCNC2)C[C@H](C)O1. The van der Waals surface area contributed by atoms with Crippen LogP contribution in [-0.2, 0) is 11.2 Å². The average molecular weight is 302 g/mol. The van der Waals surface area contributed by atoms with E-state index in [2.05, 4.69) is 11.4 Å². The fourth-order valence-electron chi connectivity index (χ4n) is 3.62. The Labute approximate surface area is 132 Å². The van der Waals surface area contributed by atoms with Gasteiger partial charge in [-0.2, -0.15) is 0 Å². The van der Waals surface area contributed by atoms with Gasteiger partial charge in [-0.25, -0.2) is 0 Å². The molecule has 4 nitrogen and oxygen atoms in total. The van der Waals surface area contributed by atoms with Crippen molar-refractivity contribution in [3.63, 3.8) is 0 Å². The van der Waals surface area contributed by atoms with Gasteiger partial charge in [0.05, 0.1) is 12.2 Å². The number of hydrogen-bond donors (Lipinski definition) is 1. The molecule has 2 saturated heterocycles. The number of morpholine rings is 1. The van der Waals surface area contributed by atoms with Gasteiger partial charge in [-0.1, -0.05) is 18.2 Å². The molecule has 0 radical (unpaired) electrons. The van der Waals surface area contributed by atoms with Gasteiger partial charge in [-0.15, -0.1) is 0 Å². The molecular weight excluding hydrogens is 276 g/mol. The summed E-state index contributed by atoms with van der Waals surface area (Å²) in [5.41, 5.74) is 2.06. The molecule has 3 rings (SSSR count). The molecule has 1 unspecified atom stereocenters. The quantitative estimate of drug-likeness (QED) is 0.929. The molecule has 2 fully saturated rings. The second kappa shape index (κ2) is 6.80. The Morgan fingerprint density at radius 2 is 2.00 bits per heavy atom. The molecule has 0 aromatic heterocycles. The molecule has 0 aliphatic carbocycles. The zero-order valence-electron chi connectivity index (χ0n) is 13.5. The van der Waals surface area contributed by atoms with E-state index < -0.39 is 0 Å². The Kier molecular flexibility index (Phi) is 4.79. The van der Waals surface area contributed by atoms with E-state index in [9.17, 15) is 4.79 Å². The monoisotopic (exact) mass is 302 g/mol. The Bertz CT molecular complexity index is 516. The molecule has 0 spiro atoms. The molecule has 2 aliphatic rings. The summed E-state index contributed by atoms with van der Waals surface area (Å²) < 4.78 is 5.74. The van der Waals surface area contributed by atoms with Crippen molar-refractivity contribution in [1.82, 2.24) is 10.2 Å². The minimum absolute atomic E-state index is 0.110. The normalized spacial score (nSPS) is 28.8. The lowest BCUT2D eigenvalue weighted by Gasteiger charge is -2.35. The van der Waals surface area contributed by atoms with Crippen LogP contribution in [-0.4, -0.2) is 49.2 Å². The Balaban J connectivity index is 1.76. The highest BCUT2D eigenvalue weighted by molar-refractivity contribution is 5.95. The molecule has 1 N–H and O–H groups in total. The fraction of sp³-hybridized carbons (Fsp3) is 0.611. The van der Waals surface area contributed by atoms with Crippen LogP contribution >= 0.6 is 0 Å². The van der Waals surface area contributed by atoms with E-state index in [1.807, 2.05) is 36.9 Å². The maximum absolute atomic E-state index is 12.9. The molecule has 2 heterocycles. The molecular formula is C18H26N2O2. The van der Waals surface area contributed by atoms with Crippen LogP contribution in [0.2, 0.25) is 0 Å². The van der Waals surface area contributed by atoms with Gasteiger partial charge in [0, 0.05) is 18.7 Å². The van der Waals surface area contributed by atoms with E-state index in [1.54, 1.807) is 0 Å². The topological polar surface area (TPSA) is 41.6 Å². The first kappa shape index (κ1) is 15.5. The number of rotatable bonds is 3. The number of carbonyl (C=O) groups excluding carboxylic acids is 1. The summed E-state index contributed by atoms with van der Waals surface area (Å²) in [5, 5.41) is 3.40. The number of benzene rings is 1. The zero-order valence-corrected chi connectivity index (χ0v) is 13.5. The van der Waals surface area contributed by atoms with E-state index in [1.165, 1.54) is 12.0 Å². The van der Waals surface area contributed by atoms with E-state index in [-0.39, 0.29) is 18.1 Å². The third-order valence-corrected chi connectivity index (χ3v) is 4.63. The number of nitrogens with zero attached hydrogens (tertiary/aromatic N) is 1. The first-order valence-corrected chi connectivity index (χ1v) is 8.37. The van der Waals surface area contributed by atoms with Gasteiger partial charge < -0.3 is 15.0 Å². The van der Waals surface area contributed by atoms with Crippen LogP contribution in [0, 0.1) is 5.92 Å². The van der Waals surface area contributed by atoms with Crippen molar-refractivity contribution in [1.29, 1.82) is 0 Å². The van der Waals surface area contributed by atoms with Gasteiger partial charge in [0.15, 0.2) is 0 Å². The van der Waals surface area contributed by atoms with Crippen molar-refractivity contribution < 1.29 is 9.53 Å². The average Bonchev–Trinajstić information content (AvgIpc) is 2.99. The first-order valence-electron chi connectivity index (χ1n) is 8.37. The van der Waals surface area contributed by atoms with Gasteiger partial charge in [0.1, 0.15) is 0 Å². The molecule has 4 heteroatoms. The highest BCUT2D eigenvalue weighted by Crippen LogP contribution is 2.21. The molecule has 120 valence electrons. The number of ether oxygens (including phenoxy) is 1. The summed E-state index contributed by atoms with van der Waals surface area (Å²) in [6.07, 6.45) is 2.41. The zero-order chi connectivity index (χ0) is 15.5. The Hall–Kier alpha value is -1.39. The van der Waals surface area contributed by atoms with E-state index in [0.29, 0.717) is 19.0 Å². The predicted octanol–water partition coefficient (Wildman–Crippen LogP) is 2.09. The maximum Gasteiger partial charge on any atom is 0.254 e. The fourth-order valence-corrected chi connectivity index (χ4v) is 3.62. The second-order valence-electron chi connectivity index (χ2n) is 6.69. The molecule has 2 aliphatic heterocycles. The number of hydrogen-bond acceptors (Lipinski definition) is 3. The van der Waals surface area contributed by atoms with Crippen LogP contribution in [0.4, 0.5) is 0 Å². The summed E-state index contributed by atoms with van der Waals surface area (Å²) >= 11 is 0. The molecule has 1 aromatic rings. The Morgan fingerprint density at radius 1 is 1.27 bits per heavy atom. The molecule has 0 saturated carbocycles. The van der Waals surface area contributed by atoms with Crippen LogP contribution in [0.5, 0.6) is 0 Å². The number of amides is 1. The standard InChI is InChI=1S/C18H26N2O2/c1-13-11-20(12-14(2)22-13)18(21)17-6-4-3-5-16(17)9-15-7-8-19-10-15/h3-6,13-15,19H,7-12H2,1-2H3/t13-,14+,15?. The maximum atomic E-state index is 12.9. The largest absolute Gasteiger partial charge is 0.372 e. The van der Waals surface area contributed by atoms with Crippen LogP contribution in [0.25, 0.3) is 0 Å². The molecule has 1 aromatic carbocycles. The molecule has 0 bridgehead atoms. The van der Waals surface area contributed by atoms with Gasteiger partial charge in [-0.05, 0) is 57.3 Å². The van der Waals surface area contributed by atoms with Crippen LogP contribution in [0.3, 0.4) is 0 Å². The van der Waals surface area contributed by atoms with Gasteiger partial charge >= 0.3 is 0 Å². The van der Waals surface area contributed by atoms with Crippen molar-refractivity contribution in [3.05, 3.63) is 35.4 Å². The number of nitrogens with one attached hydrogen (secondary N) is 1. The third kappa shape index (κ3) is 3.50. The summed E-state index contributed by atoms with van der Waals surface area (Å²) in [5.74, 6) is 0.806. The van der Waals surface area contributed by atoms with Crippen LogP contribution < -0.4 is 5.32 Å². The highest BCUT2D eigenvalue weighted by atomic mass is 16.5. The van der Waals surface area contributed by atoms with E-state index in [4.69, 9.17) is 4.74 Å². The summed E-state index contributed by atoms with van der Waals surface area (Å²) in [4.78, 5) is 14.9. The first-order chi connectivity index (χ1) is 10.6. The smallest absolute Gasteiger partial charge is 0.254 e. The van der Waals surface area contributed by atoms with Crippen LogP contribution in [0.1, 0.15) is 36.2 Å². The lowest BCUT2D eigenvalue weighted by molar-refractivity contribution is -0.0586. The summed E-state index contributed by atoms with van der Waals surface area (Å²) in [6, 6.07) is 8.10. The van der Waals surface area contributed by atoms with Crippen molar-refractivity contribution in [2.45, 2.75) is 38.9 Å². The minimum Gasteiger partial charge on any atom is -0.372 e. The molecule has 22 heavy (non-hydrogen) atoms. The minimum atomic E-state index is 0.110. The van der Waals surface area contributed by atoms with E-state index >= 15 is 0 Å². The summed E-state index contributed by atoms with van der Waals surface area (Å²) in [7, 11) is 0. The van der Waals surface area contributed by atoms with E-state index in [0.717, 1.165) is 25.1 Å². The summed E-state index contributed by atoms with van der Waals surface area (Å²) in [6.45, 7) is 7.59. The molecule has 1 amide bonds. The Morgan fingerprint density at radius 3 is 2.68 bits per heavy atom. The van der Waals surface area contributed by atoms with Crippen LogP contribution in [0.15, 0.2) is 24.3 Å². The lowest BCUT2D eigenvalue weighted by atomic mass is 9.94. The van der Waals surface area contributed by atoms with Crippen molar-refractivity contribution in [2.24, 2.45) is 5.92 Å². The van der Waals surface area contributed by atoms with Gasteiger partial charge in [-0.3, -0.25) is 4.79 Å².